The molecule has 1 aromatic carbocycles. The summed E-state index contributed by atoms with van der Waals surface area (Å²) >= 11 is 1.82. The highest BCUT2D eigenvalue weighted by Crippen LogP contribution is 2.41. The van der Waals surface area contributed by atoms with Crippen molar-refractivity contribution in [2.45, 2.75) is 44.7 Å². The van der Waals surface area contributed by atoms with Gasteiger partial charge in [-0.15, -0.1) is 0 Å². The summed E-state index contributed by atoms with van der Waals surface area (Å²) in [6.45, 7) is 6.19. The van der Waals surface area contributed by atoms with Gasteiger partial charge in [0.05, 0.1) is 15.9 Å². The largest absolute Gasteiger partial charge is 0.449 e. The molecular weight excluding hydrogens is 344 g/mol. The van der Waals surface area contributed by atoms with Crippen LogP contribution in [0.3, 0.4) is 0 Å². The number of benzene rings is 1. The van der Waals surface area contributed by atoms with Crippen LogP contribution < -0.4 is 4.90 Å². The summed E-state index contributed by atoms with van der Waals surface area (Å²) in [7, 11) is 0. The van der Waals surface area contributed by atoms with E-state index in [0.29, 0.717) is 5.54 Å². The maximum Gasteiger partial charge on any atom is 0.191 e. The SMILES string of the molecule is Cc1nc(CN2CCCC23CCN(c2nc4ccccc4s2)CC3)co1. The maximum absolute atomic E-state index is 5.40. The lowest BCUT2D eigenvalue weighted by Gasteiger charge is -2.45. The first kappa shape index (κ1) is 16.3. The number of piperidine rings is 1. The third-order valence-electron chi connectivity index (χ3n) is 6.01. The van der Waals surface area contributed by atoms with E-state index in [2.05, 4.69) is 39.0 Å². The monoisotopic (exact) mass is 368 g/mol. The molecular formula is C20H24N4OS. The molecule has 0 atom stereocenters. The Hall–Kier alpha value is -1.92. The summed E-state index contributed by atoms with van der Waals surface area (Å²) in [4.78, 5) is 14.5. The molecule has 0 aliphatic carbocycles. The molecule has 2 aliphatic rings. The predicted octanol–water partition coefficient (Wildman–Crippen LogP) is 4.23. The number of anilines is 1. The topological polar surface area (TPSA) is 45.4 Å². The predicted molar refractivity (Wildman–Crippen MR) is 105 cm³/mol. The average molecular weight is 369 g/mol. The van der Waals surface area contributed by atoms with Crippen molar-refractivity contribution in [3.05, 3.63) is 42.1 Å². The number of hydrogen-bond donors (Lipinski definition) is 0. The lowest BCUT2D eigenvalue weighted by atomic mass is 9.85. The van der Waals surface area contributed by atoms with Crippen LogP contribution >= 0.6 is 11.3 Å². The minimum Gasteiger partial charge on any atom is -0.449 e. The third-order valence-corrected chi connectivity index (χ3v) is 7.10. The van der Waals surface area contributed by atoms with E-state index >= 15 is 0 Å². The normalized spacial score (nSPS) is 20.4. The molecule has 4 heterocycles. The van der Waals surface area contributed by atoms with Crippen LogP contribution in [0.25, 0.3) is 10.2 Å². The Labute approximate surface area is 157 Å². The standard InChI is InChI=1S/C20H24N4OS/c1-15-21-16(14-25-15)13-24-10-4-7-20(24)8-11-23(12-9-20)19-22-17-5-2-3-6-18(17)26-19/h2-3,5-6,14H,4,7-13H2,1H3. The molecule has 6 heteroatoms. The van der Waals surface area contributed by atoms with Crippen molar-refractivity contribution in [2.24, 2.45) is 0 Å². The van der Waals surface area contributed by atoms with E-state index in [9.17, 15) is 0 Å². The van der Waals surface area contributed by atoms with E-state index in [-0.39, 0.29) is 0 Å². The Morgan fingerprint density at radius 3 is 2.73 bits per heavy atom. The molecule has 2 aliphatic heterocycles. The number of nitrogens with zero attached hydrogens (tertiary/aromatic N) is 4. The lowest BCUT2D eigenvalue weighted by Crippen LogP contribution is -2.51. The fraction of sp³-hybridized carbons (Fsp3) is 0.500. The molecule has 1 spiro atoms. The van der Waals surface area contributed by atoms with E-state index < -0.39 is 0 Å². The summed E-state index contributed by atoms with van der Waals surface area (Å²) in [6, 6.07) is 8.44. The first-order valence-corrected chi connectivity index (χ1v) is 10.3. The molecule has 0 saturated carbocycles. The minimum absolute atomic E-state index is 0.333. The van der Waals surface area contributed by atoms with Gasteiger partial charge in [-0.25, -0.2) is 9.97 Å². The number of thiazole rings is 1. The lowest BCUT2D eigenvalue weighted by molar-refractivity contribution is 0.0984. The zero-order valence-corrected chi connectivity index (χ0v) is 16.0. The second-order valence-electron chi connectivity index (χ2n) is 7.56. The van der Waals surface area contributed by atoms with Gasteiger partial charge in [-0.3, -0.25) is 4.90 Å². The summed E-state index contributed by atoms with van der Waals surface area (Å²) in [5.74, 6) is 0.763. The van der Waals surface area contributed by atoms with Crippen LogP contribution in [0.5, 0.6) is 0 Å². The zero-order valence-electron chi connectivity index (χ0n) is 15.1. The van der Waals surface area contributed by atoms with Gasteiger partial charge in [0.2, 0.25) is 0 Å². The van der Waals surface area contributed by atoms with Crippen LogP contribution in [0, 0.1) is 6.92 Å². The first-order valence-electron chi connectivity index (χ1n) is 9.48. The van der Waals surface area contributed by atoms with Crippen molar-refractivity contribution in [3.8, 4) is 0 Å². The van der Waals surface area contributed by atoms with Gasteiger partial charge < -0.3 is 9.32 Å². The van der Waals surface area contributed by atoms with Crippen LogP contribution in [0.1, 0.15) is 37.3 Å². The molecule has 0 radical (unpaired) electrons. The molecule has 2 aromatic heterocycles. The quantitative estimate of drug-likeness (QED) is 0.692. The fourth-order valence-corrected chi connectivity index (χ4v) is 5.61. The fourth-order valence-electron chi connectivity index (χ4n) is 4.59. The van der Waals surface area contributed by atoms with E-state index in [1.807, 2.05) is 24.5 Å². The minimum atomic E-state index is 0.333. The second-order valence-corrected chi connectivity index (χ2v) is 8.57. The van der Waals surface area contributed by atoms with Gasteiger partial charge in [-0.1, -0.05) is 23.5 Å². The number of fused-ring (bicyclic) bond motifs is 1. The molecule has 3 aromatic rings. The molecule has 0 unspecified atom stereocenters. The Morgan fingerprint density at radius 2 is 1.96 bits per heavy atom. The van der Waals surface area contributed by atoms with Crippen LogP contribution in [0.15, 0.2) is 34.9 Å². The van der Waals surface area contributed by atoms with Gasteiger partial charge in [-0.2, -0.15) is 0 Å². The van der Waals surface area contributed by atoms with Gasteiger partial charge >= 0.3 is 0 Å². The van der Waals surface area contributed by atoms with Gasteiger partial charge in [-0.05, 0) is 44.4 Å². The number of aromatic nitrogens is 2. The number of aryl methyl sites for hydroxylation is 1. The zero-order chi connectivity index (χ0) is 17.6. The molecule has 2 saturated heterocycles. The highest BCUT2D eigenvalue weighted by Gasteiger charge is 2.43. The van der Waals surface area contributed by atoms with E-state index in [1.165, 1.54) is 42.1 Å². The Morgan fingerprint density at radius 1 is 1.12 bits per heavy atom. The van der Waals surface area contributed by atoms with E-state index in [4.69, 9.17) is 9.40 Å². The number of rotatable bonds is 3. The number of hydrogen-bond acceptors (Lipinski definition) is 6. The molecule has 0 bridgehead atoms. The van der Waals surface area contributed by atoms with Crippen LogP contribution in [0.2, 0.25) is 0 Å². The molecule has 26 heavy (non-hydrogen) atoms. The summed E-state index contributed by atoms with van der Waals surface area (Å²) in [6.07, 6.45) is 6.83. The van der Waals surface area contributed by atoms with Crippen LogP contribution in [0.4, 0.5) is 5.13 Å². The second kappa shape index (κ2) is 6.35. The first-order chi connectivity index (χ1) is 12.7. The molecule has 136 valence electrons. The van der Waals surface area contributed by atoms with Crippen molar-refractivity contribution in [1.29, 1.82) is 0 Å². The Balaban J connectivity index is 1.30. The summed E-state index contributed by atoms with van der Waals surface area (Å²) in [5.41, 5.74) is 2.52. The van der Waals surface area contributed by atoms with Crippen LogP contribution in [-0.2, 0) is 6.54 Å². The number of oxazole rings is 1. The smallest absolute Gasteiger partial charge is 0.191 e. The number of para-hydroxylation sites is 1. The Bertz CT molecular complexity index is 876. The van der Waals surface area contributed by atoms with Gasteiger partial charge in [0.1, 0.15) is 6.26 Å². The van der Waals surface area contributed by atoms with Crippen molar-refractivity contribution < 1.29 is 4.42 Å². The van der Waals surface area contributed by atoms with Crippen LogP contribution in [-0.4, -0.2) is 40.0 Å². The van der Waals surface area contributed by atoms with Crippen molar-refractivity contribution in [1.82, 2.24) is 14.9 Å². The van der Waals surface area contributed by atoms with Gasteiger partial charge in [0.25, 0.3) is 0 Å². The molecule has 0 amide bonds. The summed E-state index contributed by atoms with van der Waals surface area (Å²) < 4.78 is 6.69. The Kier molecular flexibility index (Phi) is 3.98. The van der Waals surface area contributed by atoms with E-state index in [1.54, 1.807) is 0 Å². The van der Waals surface area contributed by atoms with Crippen molar-refractivity contribution in [3.63, 3.8) is 0 Å². The molecule has 5 rings (SSSR count). The molecule has 0 N–H and O–H groups in total. The average Bonchev–Trinajstić information content (AvgIpc) is 3.36. The van der Waals surface area contributed by atoms with E-state index in [0.717, 1.165) is 36.7 Å². The van der Waals surface area contributed by atoms with Crippen molar-refractivity contribution >= 4 is 26.7 Å². The summed E-state index contributed by atoms with van der Waals surface area (Å²) in [5, 5.41) is 1.18. The highest BCUT2D eigenvalue weighted by atomic mass is 32.1. The van der Waals surface area contributed by atoms with Gasteiger partial charge in [0.15, 0.2) is 11.0 Å². The highest BCUT2D eigenvalue weighted by molar-refractivity contribution is 7.22. The van der Waals surface area contributed by atoms with Crippen molar-refractivity contribution in [2.75, 3.05) is 24.5 Å². The molecule has 5 nitrogen and oxygen atoms in total. The molecule has 2 fully saturated rings. The maximum atomic E-state index is 5.40. The number of likely N-dealkylation sites (tertiary alicyclic amines) is 1. The third kappa shape index (κ3) is 2.81. The van der Waals surface area contributed by atoms with Gasteiger partial charge in [0, 0.05) is 32.1 Å².